The van der Waals surface area contributed by atoms with Gasteiger partial charge in [0.1, 0.15) is 12.4 Å². The van der Waals surface area contributed by atoms with Crippen LogP contribution in [0.5, 0.6) is 11.5 Å². The Hall–Kier alpha value is -2.79. The van der Waals surface area contributed by atoms with E-state index in [2.05, 4.69) is 4.98 Å². The highest BCUT2D eigenvalue weighted by atomic mass is 16.5. The summed E-state index contributed by atoms with van der Waals surface area (Å²) in [5, 5.41) is 10.7. The van der Waals surface area contributed by atoms with Crippen LogP contribution < -0.4 is 16.0 Å². The Labute approximate surface area is 127 Å². The highest BCUT2D eigenvalue weighted by Gasteiger charge is 2.14. The second-order valence-electron chi connectivity index (χ2n) is 4.89. The van der Waals surface area contributed by atoms with Crippen LogP contribution in [0.4, 0.5) is 0 Å². The molecule has 0 spiro atoms. The first-order valence-electron chi connectivity index (χ1n) is 6.98. The maximum atomic E-state index is 12.3. The third-order valence-electron chi connectivity index (χ3n) is 3.40. The van der Waals surface area contributed by atoms with Gasteiger partial charge in [0.25, 0.3) is 5.56 Å². The molecular formula is C17H16N2O3. The highest BCUT2D eigenvalue weighted by molar-refractivity contribution is 5.92. The van der Waals surface area contributed by atoms with Crippen molar-refractivity contribution in [1.82, 2.24) is 4.98 Å². The van der Waals surface area contributed by atoms with E-state index >= 15 is 0 Å². The van der Waals surface area contributed by atoms with Gasteiger partial charge in [-0.25, -0.2) is 0 Å². The standard InChI is InChI=1S/C17H16N2O3/c18-9-10-22-16-13-3-1-2-4-14(13)17(21)19-15(16)11-5-7-12(20)8-6-11/h1-8,20H,9-10,18H2,(H,19,21). The zero-order chi connectivity index (χ0) is 15.5. The summed E-state index contributed by atoms with van der Waals surface area (Å²) >= 11 is 0. The molecule has 3 rings (SSSR count). The van der Waals surface area contributed by atoms with Crippen molar-refractivity contribution in [3.63, 3.8) is 0 Å². The number of rotatable bonds is 4. The fourth-order valence-corrected chi connectivity index (χ4v) is 2.39. The Morgan fingerprint density at radius 3 is 2.41 bits per heavy atom. The molecule has 1 heterocycles. The summed E-state index contributed by atoms with van der Waals surface area (Å²) in [6, 6.07) is 13.9. The van der Waals surface area contributed by atoms with Crippen LogP contribution in [0.2, 0.25) is 0 Å². The molecule has 0 atom stereocenters. The lowest BCUT2D eigenvalue weighted by atomic mass is 10.1. The van der Waals surface area contributed by atoms with Crippen molar-refractivity contribution in [2.24, 2.45) is 5.73 Å². The monoisotopic (exact) mass is 296 g/mol. The van der Waals surface area contributed by atoms with Crippen LogP contribution in [0.3, 0.4) is 0 Å². The molecule has 112 valence electrons. The van der Waals surface area contributed by atoms with E-state index in [1.165, 1.54) is 0 Å². The minimum atomic E-state index is -0.182. The molecule has 0 saturated carbocycles. The number of ether oxygens (including phenoxy) is 1. The number of aromatic nitrogens is 1. The van der Waals surface area contributed by atoms with E-state index in [9.17, 15) is 9.90 Å². The van der Waals surface area contributed by atoms with Gasteiger partial charge in [-0.1, -0.05) is 18.2 Å². The number of hydrogen-bond donors (Lipinski definition) is 3. The van der Waals surface area contributed by atoms with Crippen LogP contribution in [0, 0.1) is 0 Å². The molecule has 4 N–H and O–H groups in total. The van der Waals surface area contributed by atoms with Crippen molar-refractivity contribution < 1.29 is 9.84 Å². The number of fused-ring (bicyclic) bond motifs is 1. The quantitative estimate of drug-likeness (QED) is 0.689. The molecular weight excluding hydrogens is 280 g/mol. The average molecular weight is 296 g/mol. The Kier molecular flexibility index (Phi) is 3.80. The van der Waals surface area contributed by atoms with Gasteiger partial charge in [0.05, 0.1) is 11.1 Å². The molecule has 1 aromatic heterocycles. The second-order valence-corrected chi connectivity index (χ2v) is 4.89. The first-order chi connectivity index (χ1) is 10.7. The number of pyridine rings is 1. The molecule has 0 saturated heterocycles. The third-order valence-corrected chi connectivity index (χ3v) is 3.40. The van der Waals surface area contributed by atoms with Gasteiger partial charge in [-0.3, -0.25) is 4.79 Å². The van der Waals surface area contributed by atoms with Crippen molar-refractivity contribution in [2.45, 2.75) is 0 Å². The Bertz CT molecular complexity index is 854. The van der Waals surface area contributed by atoms with Gasteiger partial charge in [0.15, 0.2) is 5.75 Å². The number of benzene rings is 2. The summed E-state index contributed by atoms with van der Waals surface area (Å²) in [6.45, 7) is 0.726. The first-order valence-corrected chi connectivity index (χ1v) is 6.98. The molecule has 2 aromatic carbocycles. The average Bonchev–Trinajstić information content (AvgIpc) is 2.55. The number of H-pyrrole nitrogens is 1. The number of aromatic hydroxyl groups is 1. The lowest BCUT2D eigenvalue weighted by Gasteiger charge is -2.14. The number of nitrogens with two attached hydrogens (primary N) is 1. The van der Waals surface area contributed by atoms with Crippen LogP contribution in [0.25, 0.3) is 22.0 Å². The molecule has 5 heteroatoms. The van der Waals surface area contributed by atoms with Gasteiger partial charge in [0, 0.05) is 17.5 Å². The maximum Gasteiger partial charge on any atom is 0.256 e. The number of nitrogens with one attached hydrogen (secondary N) is 1. The summed E-state index contributed by atoms with van der Waals surface area (Å²) in [6.07, 6.45) is 0. The highest BCUT2D eigenvalue weighted by Crippen LogP contribution is 2.33. The van der Waals surface area contributed by atoms with E-state index in [1.54, 1.807) is 30.3 Å². The van der Waals surface area contributed by atoms with E-state index < -0.39 is 0 Å². The van der Waals surface area contributed by atoms with Crippen molar-refractivity contribution >= 4 is 10.8 Å². The molecule has 3 aromatic rings. The largest absolute Gasteiger partial charge is 0.508 e. The number of phenolic OH excluding ortho intramolecular Hbond substituents is 1. The van der Waals surface area contributed by atoms with Crippen LogP contribution in [-0.2, 0) is 0 Å². The van der Waals surface area contributed by atoms with Crippen molar-refractivity contribution in [3.05, 3.63) is 58.9 Å². The zero-order valence-corrected chi connectivity index (χ0v) is 11.9. The third kappa shape index (κ3) is 2.54. The predicted molar refractivity (Wildman–Crippen MR) is 86.2 cm³/mol. The topological polar surface area (TPSA) is 88.3 Å². The van der Waals surface area contributed by atoms with Crippen molar-refractivity contribution in [1.29, 1.82) is 0 Å². The van der Waals surface area contributed by atoms with Crippen LogP contribution in [0.15, 0.2) is 53.3 Å². The molecule has 5 nitrogen and oxygen atoms in total. The van der Waals surface area contributed by atoms with Gasteiger partial charge in [-0.05, 0) is 30.3 Å². The summed E-state index contributed by atoms with van der Waals surface area (Å²) in [4.78, 5) is 15.1. The molecule has 22 heavy (non-hydrogen) atoms. The fraction of sp³-hybridized carbons (Fsp3) is 0.118. The molecule has 0 aliphatic heterocycles. The predicted octanol–water partition coefficient (Wildman–Crippen LogP) is 2.24. The minimum absolute atomic E-state index is 0.163. The maximum absolute atomic E-state index is 12.3. The zero-order valence-electron chi connectivity index (χ0n) is 11.9. The molecule has 0 fully saturated rings. The van der Waals surface area contributed by atoms with Gasteiger partial charge in [-0.15, -0.1) is 0 Å². The molecule has 0 bridgehead atoms. The van der Waals surface area contributed by atoms with E-state index in [1.807, 2.05) is 18.2 Å². The van der Waals surface area contributed by atoms with Crippen LogP contribution in [-0.4, -0.2) is 23.2 Å². The van der Waals surface area contributed by atoms with Crippen LogP contribution in [0.1, 0.15) is 0 Å². The Morgan fingerprint density at radius 2 is 1.73 bits per heavy atom. The van der Waals surface area contributed by atoms with Crippen LogP contribution >= 0.6 is 0 Å². The van der Waals surface area contributed by atoms with E-state index in [0.29, 0.717) is 30.0 Å². The normalized spacial score (nSPS) is 10.8. The van der Waals surface area contributed by atoms with Gasteiger partial charge < -0.3 is 20.6 Å². The summed E-state index contributed by atoms with van der Waals surface area (Å²) < 4.78 is 5.78. The number of phenols is 1. The van der Waals surface area contributed by atoms with E-state index in [-0.39, 0.29) is 11.3 Å². The number of aromatic amines is 1. The van der Waals surface area contributed by atoms with Gasteiger partial charge in [0.2, 0.25) is 0 Å². The Balaban J connectivity index is 2.28. The molecule has 0 radical (unpaired) electrons. The molecule has 0 amide bonds. The minimum Gasteiger partial charge on any atom is -0.508 e. The van der Waals surface area contributed by atoms with Gasteiger partial charge in [-0.2, -0.15) is 0 Å². The summed E-state index contributed by atoms with van der Waals surface area (Å²) in [5.74, 6) is 0.752. The second kappa shape index (κ2) is 5.91. The van der Waals surface area contributed by atoms with Crippen molar-refractivity contribution in [3.8, 4) is 22.8 Å². The summed E-state index contributed by atoms with van der Waals surface area (Å²) in [7, 11) is 0. The SMILES string of the molecule is NCCOc1c(-c2ccc(O)cc2)[nH]c(=O)c2ccccc12. The molecule has 0 aliphatic rings. The fourth-order valence-electron chi connectivity index (χ4n) is 2.39. The smallest absolute Gasteiger partial charge is 0.256 e. The lowest BCUT2D eigenvalue weighted by molar-refractivity contribution is 0.332. The number of hydrogen-bond acceptors (Lipinski definition) is 4. The lowest BCUT2D eigenvalue weighted by Crippen LogP contribution is -2.14. The van der Waals surface area contributed by atoms with E-state index in [0.717, 1.165) is 10.9 Å². The van der Waals surface area contributed by atoms with Gasteiger partial charge >= 0.3 is 0 Å². The Morgan fingerprint density at radius 1 is 1.05 bits per heavy atom. The van der Waals surface area contributed by atoms with E-state index in [4.69, 9.17) is 10.5 Å². The molecule has 0 aliphatic carbocycles. The van der Waals surface area contributed by atoms with Crippen molar-refractivity contribution in [2.75, 3.05) is 13.2 Å². The molecule has 0 unspecified atom stereocenters. The first kappa shape index (κ1) is 14.2. The summed E-state index contributed by atoms with van der Waals surface area (Å²) in [5.41, 5.74) is 6.69.